The van der Waals surface area contributed by atoms with Crippen LogP contribution in [0, 0.1) is 0 Å². The van der Waals surface area contributed by atoms with Crippen LogP contribution < -0.4 is 0 Å². The number of aliphatic hydroxyl groups is 2. The zero-order valence-electron chi connectivity index (χ0n) is 6.27. The number of nitrogens with zero attached hydrogens (tertiary/aromatic N) is 1. The molecule has 6 heteroatoms. The monoisotopic (exact) mass is 179 g/mol. The Morgan fingerprint density at radius 3 is 2.58 bits per heavy atom. The topological polar surface area (TPSA) is 81.0 Å². The van der Waals surface area contributed by atoms with Crippen LogP contribution in [0.5, 0.6) is 0 Å². The van der Waals surface area contributed by atoms with Crippen molar-refractivity contribution in [2.45, 2.75) is 18.4 Å². The highest BCUT2D eigenvalue weighted by molar-refractivity contribution is 5.65. The zero-order valence-corrected chi connectivity index (χ0v) is 6.27. The first-order chi connectivity index (χ1) is 5.43. The molecule has 0 aromatic carbocycles. The predicted molar refractivity (Wildman–Crippen MR) is 36.3 cm³/mol. The second-order valence-electron chi connectivity index (χ2n) is 2.82. The van der Waals surface area contributed by atoms with Crippen molar-refractivity contribution < 1.29 is 24.5 Å². The lowest BCUT2D eigenvalue weighted by atomic mass is 10.0. The third-order valence-electron chi connectivity index (χ3n) is 1.90. The van der Waals surface area contributed by atoms with Gasteiger partial charge in [-0.25, -0.2) is 9.18 Å². The molecule has 3 N–H and O–H groups in total. The Bertz CT molecular complexity index is 196. The number of halogens is 1. The van der Waals surface area contributed by atoms with Crippen LogP contribution in [0.3, 0.4) is 0 Å². The molecule has 0 radical (unpaired) electrons. The summed E-state index contributed by atoms with van der Waals surface area (Å²) in [6, 6.07) is 0. The van der Waals surface area contributed by atoms with Gasteiger partial charge in [-0.3, -0.25) is 0 Å². The Hall–Kier alpha value is -0.880. The second-order valence-corrected chi connectivity index (χ2v) is 2.82. The summed E-state index contributed by atoms with van der Waals surface area (Å²) in [6.07, 6.45) is -3.46. The molecule has 0 aromatic rings. The van der Waals surface area contributed by atoms with E-state index < -0.39 is 24.6 Å². The van der Waals surface area contributed by atoms with E-state index in [4.69, 9.17) is 15.3 Å². The van der Waals surface area contributed by atoms with Crippen molar-refractivity contribution in [3.05, 3.63) is 0 Å². The molecule has 1 atom stereocenters. The largest absolute Gasteiger partial charge is 0.465 e. The average molecular weight is 179 g/mol. The summed E-state index contributed by atoms with van der Waals surface area (Å²) < 4.78 is 12.8. The summed E-state index contributed by atoms with van der Waals surface area (Å²) in [5, 5.41) is 26.2. The normalized spacial score (nSPS) is 28.6. The average Bonchev–Trinajstić information content (AvgIpc) is 1.94. The van der Waals surface area contributed by atoms with Crippen molar-refractivity contribution in [3.8, 4) is 0 Å². The molecule has 0 aromatic heterocycles. The maximum atomic E-state index is 12.8. The Kier molecular flexibility index (Phi) is 2.20. The number of piperidine rings is 1. The van der Waals surface area contributed by atoms with Gasteiger partial charge >= 0.3 is 6.09 Å². The molecular weight excluding hydrogens is 169 g/mol. The van der Waals surface area contributed by atoms with Crippen LogP contribution in [0.25, 0.3) is 0 Å². The van der Waals surface area contributed by atoms with E-state index in [1.807, 2.05) is 0 Å². The molecule has 1 amide bonds. The second kappa shape index (κ2) is 2.87. The van der Waals surface area contributed by atoms with Crippen LogP contribution in [0.1, 0.15) is 6.42 Å². The quantitative estimate of drug-likeness (QED) is 0.433. The molecule has 1 aliphatic rings. The first kappa shape index (κ1) is 9.21. The molecule has 1 saturated heterocycles. The number of hydrogen-bond donors (Lipinski definition) is 3. The Morgan fingerprint density at radius 1 is 1.58 bits per heavy atom. The van der Waals surface area contributed by atoms with Crippen molar-refractivity contribution in [2.75, 3.05) is 13.1 Å². The maximum Gasteiger partial charge on any atom is 0.407 e. The van der Waals surface area contributed by atoms with Crippen LogP contribution in [0.15, 0.2) is 0 Å². The van der Waals surface area contributed by atoms with Gasteiger partial charge in [0, 0.05) is 13.0 Å². The number of alkyl halides is 1. The molecule has 70 valence electrons. The highest BCUT2D eigenvalue weighted by Gasteiger charge is 2.41. The fourth-order valence-electron chi connectivity index (χ4n) is 1.06. The van der Waals surface area contributed by atoms with Gasteiger partial charge in [0.05, 0.1) is 6.54 Å². The smallest absolute Gasteiger partial charge is 0.407 e. The fraction of sp³-hybridized carbons (Fsp3) is 0.833. The lowest BCUT2D eigenvalue weighted by Gasteiger charge is -2.35. The molecule has 0 bridgehead atoms. The lowest BCUT2D eigenvalue weighted by molar-refractivity contribution is -0.225. The van der Waals surface area contributed by atoms with Gasteiger partial charge in [0.2, 0.25) is 0 Å². The molecule has 1 unspecified atom stereocenters. The SMILES string of the molecule is O=C(O)N1CCC(O)(O)C(F)C1. The lowest BCUT2D eigenvalue weighted by Crippen LogP contribution is -2.54. The highest BCUT2D eigenvalue weighted by atomic mass is 19.1. The van der Waals surface area contributed by atoms with E-state index >= 15 is 0 Å². The number of amides is 1. The molecule has 1 aliphatic heterocycles. The Labute approximate surface area is 68.0 Å². The van der Waals surface area contributed by atoms with E-state index in [-0.39, 0.29) is 13.0 Å². The molecule has 1 rings (SSSR count). The van der Waals surface area contributed by atoms with Crippen LogP contribution >= 0.6 is 0 Å². The van der Waals surface area contributed by atoms with E-state index in [9.17, 15) is 9.18 Å². The molecular formula is C6H10FNO4. The molecule has 12 heavy (non-hydrogen) atoms. The minimum atomic E-state index is -2.37. The van der Waals surface area contributed by atoms with Crippen molar-refractivity contribution in [3.63, 3.8) is 0 Å². The van der Waals surface area contributed by atoms with Gasteiger partial charge in [-0.15, -0.1) is 0 Å². The number of carboxylic acid groups (broad SMARTS) is 1. The van der Waals surface area contributed by atoms with E-state index in [1.54, 1.807) is 0 Å². The number of rotatable bonds is 0. The summed E-state index contributed by atoms with van der Waals surface area (Å²) >= 11 is 0. The first-order valence-corrected chi connectivity index (χ1v) is 3.50. The fourth-order valence-corrected chi connectivity index (χ4v) is 1.06. The molecule has 5 nitrogen and oxygen atoms in total. The molecule has 0 saturated carbocycles. The van der Waals surface area contributed by atoms with Crippen molar-refractivity contribution in [1.29, 1.82) is 0 Å². The predicted octanol–water partition coefficient (Wildman–Crippen LogP) is -0.611. The summed E-state index contributed by atoms with van der Waals surface area (Å²) in [7, 11) is 0. The molecule has 1 heterocycles. The Morgan fingerprint density at radius 2 is 2.17 bits per heavy atom. The van der Waals surface area contributed by atoms with Gasteiger partial charge in [0.1, 0.15) is 0 Å². The van der Waals surface area contributed by atoms with E-state index in [1.165, 1.54) is 0 Å². The maximum absolute atomic E-state index is 12.8. The van der Waals surface area contributed by atoms with Gasteiger partial charge in [-0.1, -0.05) is 0 Å². The van der Waals surface area contributed by atoms with Crippen LogP contribution in [0.4, 0.5) is 9.18 Å². The molecule has 0 aliphatic carbocycles. The van der Waals surface area contributed by atoms with E-state index in [0.717, 1.165) is 4.90 Å². The van der Waals surface area contributed by atoms with Gasteiger partial charge in [-0.05, 0) is 0 Å². The number of likely N-dealkylation sites (tertiary alicyclic amines) is 1. The van der Waals surface area contributed by atoms with Gasteiger partial charge in [-0.2, -0.15) is 0 Å². The minimum Gasteiger partial charge on any atom is -0.465 e. The Balaban J connectivity index is 2.58. The number of carbonyl (C=O) groups is 1. The summed E-state index contributed by atoms with van der Waals surface area (Å²) in [5.41, 5.74) is 0. The summed E-state index contributed by atoms with van der Waals surface area (Å²) in [6.45, 7) is -0.537. The third kappa shape index (κ3) is 1.64. The summed E-state index contributed by atoms with van der Waals surface area (Å²) in [4.78, 5) is 11.1. The zero-order chi connectivity index (χ0) is 9.35. The van der Waals surface area contributed by atoms with Gasteiger partial charge < -0.3 is 20.2 Å². The van der Waals surface area contributed by atoms with Crippen molar-refractivity contribution >= 4 is 6.09 Å². The van der Waals surface area contributed by atoms with Gasteiger partial charge in [0.25, 0.3) is 0 Å². The van der Waals surface area contributed by atoms with Crippen molar-refractivity contribution in [1.82, 2.24) is 4.90 Å². The first-order valence-electron chi connectivity index (χ1n) is 3.50. The van der Waals surface area contributed by atoms with Crippen LogP contribution in [-0.2, 0) is 0 Å². The minimum absolute atomic E-state index is 0.0528. The van der Waals surface area contributed by atoms with E-state index in [2.05, 4.69) is 0 Å². The highest BCUT2D eigenvalue weighted by Crippen LogP contribution is 2.22. The van der Waals surface area contributed by atoms with Gasteiger partial charge in [0.15, 0.2) is 12.0 Å². The molecule has 1 fully saturated rings. The molecule has 0 spiro atoms. The standard InChI is InChI=1S/C6H10FNO4/c7-4-3-8(5(9)10)2-1-6(4,11)12/h4,11-12H,1-3H2,(H,9,10). The van der Waals surface area contributed by atoms with Crippen LogP contribution in [-0.4, -0.2) is 51.4 Å². The third-order valence-corrected chi connectivity index (χ3v) is 1.90. The van der Waals surface area contributed by atoms with Crippen LogP contribution in [0.2, 0.25) is 0 Å². The summed E-state index contributed by atoms with van der Waals surface area (Å²) in [5.74, 6) is -2.37. The van der Waals surface area contributed by atoms with E-state index in [0.29, 0.717) is 0 Å². The number of hydrogen-bond acceptors (Lipinski definition) is 3. The van der Waals surface area contributed by atoms with Crippen molar-refractivity contribution in [2.24, 2.45) is 0 Å².